The maximum Gasteiger partial charge on any atom is 0.261 e. The van der Waals surface area contributed by atoms with Crippen molar-refractivity contribution >= 4 is 27.3 Å². The van der Waals surface area contributed by atoms with E-state index in [1.54, 1.807) is 31.2 Å². The second-order valence-corrected chi connectivity index (χ2v) is 11.0. The van der Waals surface area contributed by atoms with Crippen LogP contribution in [0, 0.1) is 5.92 Å². The van der Waals surface area contributed by atoms with Crippen LogP contribution in [0.5, 0.6) is 5.75 Å². The molecule has 2 aromatic carbocycles. The van der Waals surface area contributed by atoms with Crippen molar-refractivity contribution in [2.45, 2.75) is 45.8 Å². The summed E-state index contributed by atoms with van der Waals surface area (Å²) in [4.78, 5) is 15.1. The number of carbonyl (C=O) groups excluding carboxylic acids is 1. The molecule has 1 saturated heterocycles. The van der Waals surface area contributed by atoms with Crippen LogP contribution >= 0.6 is 0 Å². The van der Waals surface area contributed by atoms with Crippen LogP contribution in [0.1, 0.15) is 45.2 Å². The highest BCUT2D eigenvalue weighted by Crippen LogP contribution is 2.25. The molecule has 33 heavy (non-hydrogen) atoms. The average Bonchev–Trinajstić information content (AvgIpc) is 2.78. The van der Waals surface area contributed by atoms with Gasteiger partial charge in [-0.2, -0.15) is 0 Å². The van der Waals surface area contributed by atoms with Gasteiger partial charge in [0.15, 0.2) is 6.10 Å². The van der Waals surface area contributed by atoms with Gasteiger partial charge in [0.05, 0.1) is 18.0 Å². The molecule has 1 aliphatic heterocycles. The molecule has 1 N–H and O–H groups in total. The van der Waals surface area contributed by atoms with Crippen LogP contribution in [0.3, 0.4) is 0 Å². The van der Waals surface area contributed by atoms with Gasteiger partial charge in [0, 0.05) is 25.8 Å². The van der Waals surface area contributed by atoms with E-state index in [0.29, 0.717) is 11.4 Å². The van der Waals surface area contributed by atoms with Crippen LogP contribution in [-0.2, 0) is 14.8 Å². The zero-order chi connectivity index (χ0) is 24.2. The summed E-state index contributed by atoms with van der Waals surface area (Å²) in [6.07, 6.45) is 2.97. The molecule has 2 aromatic rings. The lowest BCUT2D eigenvalue weighted by Gasteiger charge is -2.33. The first-order valence-electron chi connectivity index (χ1n) is 11.4. The third kappa shape index (κ3) is 6.63. The van der Waals surface area contributed by atoms with Crippen LogP contribution in [0.4, 0.5) is 11.4 Å². The summed E-state index contributed by atoms with van der Waals surface area (Å²) in [5.41, 5.74) is 2.79. The normalized spacial score (nSPS) is 18.3. The Kier molecular flexibility index (Phi) is 7.89. The number of sulfonamides is 1. The van der Waals surface area contributed by atoms with E-state index < -0.39 is 16.1 Å². The molecule has 1 amide bonds. The van der Waals surface area contributed by atoms with Gasteiger partial charge in [0.25, 0.3) is 5.91 Å². The Bertz CT molecular complexity index is 1040. The Morgan fingerprint density at radius 3 is 2.33 bits per heavy atom. The summed E-state index contributed by atoms with van der Waals surface area (Å²) in [5, 5.41) is 3.01. The van der Waals surface area contributed by atoms with E-state index in [1.165, 1.54) is 29.9 Å². The minimum atomic E-state index is -3.33. The maximum atomic E-state index is 12.7. The fourth-order valence-corrected chi connectivity index (χ4v) is 4.50. The summed E-state index contributed by atoms with van der Waals surface area (Å²) >= 11 is 0. The third-order valence-corrected chi connectivity index (χ3v) is 7.36. The monoisotopic (exact) mass is 473 g/mol. The van der Waals surface area contributed by atoms with Crippen molar-refractivity contribution in [3.8, 4) is 5.75 Å². The van der Waals surface area contributed by atoms with Crippen molar-refractivity contribution in [3.05, 3.63) is 54.1 Å². The first-order valence-corrected chi connectivity index (χ1v) is 13.3. The van der Waals surface area contributed by atoms with Crippen LogP contribution in [0.25, 0.3) is 0 Å². The van der Waals surface area contributed by atoms with E-state index in [2.05, 4.69) is 41.4 Å². The smallest absolute Gasteiger partial charge is 0.261 e. The highest BCUT2D eigenvalue weighted by molar-refractivity contribution is 7.92. The largest absolute Gasteiger partial charge is 0.481 e. The van der Waals surface area contributed by atoms with Gasteiger partial charge in [-0.15, -0.1) is 0 Å². The zero-order valence-corrected chi connectivity index (χ0v) is 20.9. The van der Waals surface area contributed by atoms with Crippen molar-refractivity contribution in [1.82, 2.24) is 5.32 Å². The molecule has 0 saturated carbocycles. The van der Waals surface area contributed by atoms with E-state index in [-0.39, 0.29) is 11.9 Å². The van der Waals surface area contributed by atoms with Crippen LogP contribution in [0.2, 0.25) is 0 Å². The van der Waals surface area contributed by atoms with Crippen molar-refractivity contribution in [3.63, 3.8) is 0 Å². The van der Waals surface area contributed by atoms with E-state index in [9.17, 15) is 13.2 Å². The Labute approximate surface area is 197 Å². The Morgan fingerprint density at radius 1 is 1.12 bits per heavy atom. The molecule has 1 aliphatic rings. The fourth-order valence-electron chi connectivity index (χ4n) is 4.00. The van der Waals surface area contributed by atoms with Gasteiger partial charge in [-0.05, 0) is 74.6 Å². The van der Waals surface area contributed by atoms with Crippen molar-refractivity contribution in [2.24, 2.45) is 5.92 Å². The minimum Gasteiger partial charge on any atom is -0.481 e. The number of rotatable bonds is 8. The number of nitrogens with one attached hydrogen (secondary N) is 1. The number of piperidine rings is 1. The number of hydrogen-bond donors (Lipinski definition) is 1. The molecule has 0 spiro atoms. The fraction of sp³-hybridized carbons (Fsp3) is 0.480. The summed E-state index contributed by atoms with van der Waals surface area (Å²) in [5.74, 6) is 1.000. The zero-order valence-electron chi connectivity index (χ0n) is 20.1. The second kappa shape index (κ2) is 10.5. The van der Waals surface area contributed by atoms with E-state index in [1.807, 2.05) is 6.92 Å². The molecule has 0 radical (unpaired) electrons. The maximum absolute atomic E-state index is 12.7. The molecule has 7 nitrogen and oxygen atoms in total. The number of nitrogens with zero attached hydrogens (tertiary/aromatic N) is 2. The van der Waals surface area contributed by atoms with Crippen molar-refractivity contribution in [1.29, 1.82) is 0 Å². The first-order chi connectivity index (χ1) is 15.5. The Balaban J connectivity index is 1.54. The lowest BCUT2D eigenvalue weighted by Crippen LogP contribution is -2.37. The van der Waals surface area contributed by atoms with Crippen molar-refractivity contribution in [2.75, 3.05) is 35.6 Å². The molecule has 0 aliphatic carbocycles. The number of carbonyl (C=O) groups is 1. The molecule has 8 heteroatoms. The molecule has 3 atom stereocenters. The van der Waals surface area contributed by atoms with Crippen LogP contribution < -0.4 is 19.3 Å². The minimum absolute atomic E-state index is 0.149. The Morgan fingerprint density at radius 2 is 1.76 bits per heavy atom. The predicted molar refractivity (Wildman–Crippen MR) is 133 cm³/mol. The van der Waals surface area contributed by atoms with Crippen LogP contribution in [0.15, 0.2) is 48.5 Å². The molecule has 0 aromatic heterocycles. The van der Waals surface area contributed by atoms with Gasteiger partial charge in [-0.3, -0.25) is 9.10 Å². The lowest BCUT2D eigenvalue weighted by atomic mass is 9.99. The van der Waals surface area contributed by atoms with E-state index >= 15 is 0 Å². The van der Waals surface area contributed by atoms with Gasteiger partial charge < -0.3 is 15.0 Å². The lowest BCUT2D eigenvalue weighted by molar-refractivity contribution is -0.127. The van der Waals surface area contributed by atoms with Crippen molar-refractivity contribution < 1.29 is 17.9 Å². The molecule has 0 unspecified atom stereocenters. The average molecular weight is 474 g/mol. The predicted octanol–water partition coefficient (Wildman–Crippen LogP) is 3.96. The van der Waals surface area contributed by atoms with Gasteiger partial charge in [0.2, 0.25) is 10.0 Å². The highest BCUT2D eigenvalue weighted by Gasteiger charge is 2.20. The number of hydrogen-bond acceptors (Lipinski definition) is 5. The summed E-state index contributed by atoms with van der Waals surface area (Å²) < 4.78 is 30.3. The topological polar surface area (TPSA) is 79.0 Å². The first kappa shape index (κ1) is 24.9. The molecule has 0 bridgehead atoms. The second-order valence-electron chi connectivity index (χ2n) is 9.00. The van der Waals surface area contributed by atoms with Gasteiger partial charge in [-0.25, -0.2) is 8.42 Å². The van der Waals surface area contributed by atoms with Gasteiger partial charge in [-0.1, -0.05) is 19.1 Å². The van der Waals surface area contributed by atoms with Crippen LogP contribution in [-0.4, -0.2) is 46.8 Å². The highest BCUT2D eigenvalue weighted by atomic mass is 32.2. The SMILES string of the molecule is C[C@@H]1CCCN(c2ccc([C@H](C)NC(=O)[C@H](C)Oc3ccc(N(C)S(C)(=O)=O)cc3)cc2)C1. The quantitative estimate of drug-likeness (QED) is 0.628. The third-order valence-electron chi connectivity index (χ3n) is 6.15. The number of amides is 1. The summed E-state index contributed by atoms with van der Waals surface area (Å²) in [6, 6.07) is 14.9. The van der Waals surface area contributed by atoms with E-state index in [4.69, 9.17) is 4.74 Å². The number of anilines is 2. The summed E-state index contributed by atoms with van der Waals surface area (Å²) in [6.45, 7) is 8.13. The van der Waals surface area contributed by atoms with E-state index in [0.717, 1.165) is 30.8 Å². The summed E-state index contributed by atoms with van der Waals surface area (Å²) in [7, 11) is -1.84. The number of ether oxygens (including phenoxy) is 1. The standard InChI is InChI=1S/C25H35N3O4S/c1-18-7-6-16-28(17-18)23-10-8-21(9-11-23)19(2)26-25(29)20(3)32-24-14-12-22(13-15-24)27(4)33(5,30)31/h8-15,18-20H,6-7,16-17H2,1-5H3,(H,26,29)/t18-,19+,20+/m1/s1. The number of benzene rings is 2. The molecule has 1 heterocycles. The molecular weight excluding hydrogens is 438 g/mol. The molecular formula is C25H35N3O4S. The molecule has 180 valence electrons. The molecule has 1 fully saturated rings. The molecule has 3 rings (SSSR count). The van der Waals surface area contributed by atoms with Gasteiger partial charge >= 0.3 is 0 Å². The Hall–Kier alpha value is -2.74. The van der Waals surface area contributed by atoms with Gasteiger partial charge in [0.1, 0.15) is 5.75 Å².